The SMILES string of the molecule is O=C(OF)c1ccc(CCOc2cccc(Cl)c2Cl)cc1. The Labute approximate surface area is 131 Å². The molecule has 0 amide bonds. The van der Waals surface area contributed by atoms with Gasteiger partial charge in [-0.2, -0.15) is 0 Å². The molecule has 0 heterocycles. The Morgan fingerprint density at radius 2 is 1.81 bits per heavy atom. The van der Waals surface area contributed by atoms with E-state index in [1.54, 1.807) is 30.3 Å². The second-order valence-corrected chi connectivity index (χ2v) is 5.00. The zero-order valence-electron chi connectivity index (χ0n) is 10.8. The largest absolute Gasteiger partial charge is 0.492 e. The molecule has 0 aliphatic rings. The molecule has 2 aromatic carbocycles. The van der Waals surface area contributed by atoms with Gasteiger partial charge in [0.05, 0.1) is 17.2 Å². The maximum Gasteiger partial charge on any atom is 0.379 e. The molecule has 110 valence electrons. The molecule has 0 radical (unpaired) electrons. The Bertz CT molecular complexity index is 629. The van der Waals surface area contributed by atoms with Gasteiger partial charge in [0, 0.05) is 10.9 Å². The first kappa shape index (κ1) is 15.6. The first-order valence-corrected chi connectivity index (χ1v) is 6.86. The number of hydrogen-bond donors (Lipinski definition) is 0. The summed E-state index contributed by atoms with van der Waals surface area (Å²) in [4.78, 5) is 14.1. The fourth-order valence-corrected chi connectivity index (χ4v) is 2.07. The van der Waals surface area contributed by atoms with Gasteiger partial charge in [-0.1, -0.05) is 41.4 Å². The summed E-state index contributed by atoms with van der Waals surface area (Å²) in [5, 5.41) is 0.809. The predicted octanol–water partition coefficient (Wildman–Crippen LogP) is 4.66. The van der Waals surface area contributed by atoms with Gasteiger partial charge in [0.1, 0.15) is 10.8 Å². The summed E-state index contributed by atoms with van der Waals surface area (Å²) in [5.41, 5.74) is 1.09. The molecule has 0 bridgehead atoms. The summed E-state index contributed by atoms with van der Waals surface area (Å²) in [5.74, 6) is -0.495. The van der Waals surface area contributed by atoms with Crippen LogP contribution in [0.2, 0.25) is 10.0 Å². The summed E-state index contributed by atoms with van der Waals surface area (Å²) in [6.07, 6.45) is 0.605. The molecule has 3 nitrogen and oxygen atoms in total. The first-order chi connectivity index (χ1) is 10.1. The van der Waals surface area contributed by atoms with Crippen molar-refractivity contribution in [2.24, 2.45) is 0 Å². The molecule has 0 saturated carbocycles. The average Bonchev–Trinajstić information content (AvgIpc) is 2.51. The molecule has 0 aliphatic carbocycles. The van der Waals surface area contributed by atoms with E-state index in [2.05, 4.69) is 4.94 Å². The molecule has 21 heavy (non-hydrogen) atoms. The van der Waals surface area contributed by atoms with Crippen LogP contribution < -0.4 is 4.74 Å². The Hall–Kier alpha value is -1.78. The van der Waals surface area contributed by atoms with Crippen LogP contribution in [-0.4, -0.2) is 12.6 Å². The molecule has 0 N–H and O–H groups in total. The maximum atomic E-state index is 11.7. The lowest BCUT2D eigenvalue weighted by Crippen LogP contribution is -2.03. The Morgan fingerprint density at radius 1 is 1.10 bits per heavy atom. The highest BCUT2D eigenvalue weighted by atomic mass is 35.5. The van der Waals surface area contributed by atoms with Crippen molar-refractivity contribution in [3.63, 3.8) is 0 Å². The summed E-state index contributed by atoms with van der Waals surface area (Å²) >= 11 is 11.9. The molecule has 6 heteroatoms. The average molecular weight is 329 g/mol. The quantitative estimate of drug-likeness (QED) is 0.800. The molecule has 2 rings (SSSR count). The van der Waals surface area contributed by atoms with Crippen LogP contribution in [0.1, 0.15) is 15.9 Å². The van der Waals surface area contributed by atoms with Crippen molar-refractivity contribution in [2.75, 3.05) is 6.61 Å². The van der Waals surface area contributed by atoms with E-state index in [1.807, 2.05) is 0 Å². The highest BCUT2D eigenvalue weighted by molar-refractivity contribution is 6.42. The normalized spacial score (nSPS) is 10.2. The van der Waals surface area contributed by atoms with Crippen LogP contribution in [-0.2, 0) is 11.4 Å². The molecular formula is C15H11Cl2FO3. The lowest BCUT2D eigenvalue weighted by molar-refractivity contribution is -0.0788. The predicted molar refractivity (Wildman–Crippen MR) is 78.6 cm³/mol. The molecule has 0 aromatic heterocycles. The Balaban J connectivity index is 1.91. The van der Waals surface area contributed by atoms with Gasteiger partial charge in [-0.15, -0.1) is 0 Å². The number of carbonyl (C=O) groups excluding carboxylic acids is 1. The van der Waals surface area contributed by atoms with Gasteiger partial charge in [-0.05, 0) is 29.8 Å². The zero-order valence-corrected chi connectivity index (χ0v) is 12.3. The third-order valence-corrected chi connectivity index (χ3v) is 3.63. The highest BCUT2D eigenvalue weighted by Gasteiger charge is 2.08. The highest BCUT2D eigenvalue weighted by Crippen LogP contribution is 2.31. The first-order valence-electron chi connectivity index (χ1n) is 6.10. The Kier molecular flexibility index (Phi) is 5.42. The van der Waals surface area contributed by atoms with Crippen molar-refractivity contribution >= 4 is 29.2 Å². The minimum atomic E-state index is -1.01. The van der Waals surface area contributed by atoms with Gasteiger partial charge < -0.3 is 4.74 Å². The summed E-state index contributed by atoms with van der Waals surface area (Å²) < 4.78 is 17.3. The van der Waals surface area contributed by atoms with Gasteiger partial charge in [-0.3, -0.25) is 0 Å². The number of benzene rings is 2. The minimum absolute atomic E-state index is 0.153. The maximum absolute atomic E-state index is 11.7. The van der Waals surface area contributed by atoms with E-state index in [1.165, 1.54) is 12.1 Å². The molecule has 0 spiro atoms. The van der Waals surface area contributed by atoms with Gasteiger partial charge in [-0.25, -0.2) is 9.74 Å². The third-order valence-electron chi connectivity index (χ3n) is 2.82. The van der Waals surface area contributed by atoms with Crippen LogP contribution in [0.4, 0.5) is 4.53 Å². The van der Waals surface area contributed by atoms with Crippen molar-refractivity contribution in [1.82, 2.24) is 0 Å². The van der Waals surface area contributed by atoms with Crippen LogP contribution in [0.15, 0.2) is 42.5 Å². The molecule has 0 fully saturated rings. The van der Waals surface area contributed by atoms with E-state index < -0.39 is 5.97 Å². The van der Waals surface area contributed by atoms with Crippen molar-refractivity contribution in [3.05, 3.63) is 63.6 Å². The van der Waals surface area contributed by atoms with Crippen LogP contribution in [0, 0.1) is 0 Å². The smallest absolute Gasteiger partial charge is 0.379 e. The van der Waals surface area contributed by atoms with Crippen LogP contribution in [0.5, 0.6) is 5.75 Å². The number of carbonyl (C=O) groups is 1. The molecule has 0 saturated heterocycles. The third kappa shape index (κ3) is 4.09. The second kappa shape index (κ2) is 7.29. The lowest BCUT2D eigenvalue weighted by Gasteiger charge is -2.09. The summed E-state index contributed by atoms with van der Waals surface area (Å²) in [6, 6.07) is 11.5. The lowest BCUT2D eigenvalue weighted by atomic mass is 10.1. The van der Waals surface area contributed by atoms with Crippen molar-refractivity contribution in [2.45, 2.75) is 6.42 Å². The number of rotatable bonds is 5. The number of hydrogen-bond acceptors (Lipinski definition) is 3. The summed E-state index contributed by atoms with van der Waals surface area (Å²) in [6.45, 7) is 0.396. The zero-order chi connectivity index (χ0) is 15.2. The standard InChI is InChI=1S/C15H11Cl2FO3/c16-12-2-1-3-13(14(12)17)20-9-8-10-4-6-11(7-5-10)15(19)21-18/h1-7H,8-9H2. The van der Waals surface area contributed by atoms with E-state index in [0.717, 1.165) is 5.56 Å². The fraction of sp³-hybridized carbons (Fsp3) is 0.133. The van der Waals surface area contributed by atoms with Gasteiger partial charge in [0.25, 0.3) is 0 Å². The van der Waals surface area contributed by atoms with Crippen molar-refractivity contribution in [1.29, 1.82) is 0 Å². The summed E-state index contributed by atoms with van der Waals surface area (Å²) in [7, 11) is 0. The molecular weight excluding hydrogens is 318 g/mol. The molecule has 0 aliphatic heterocycles. The fourth-order valence-electron chi connectivity index (χ4n) is 1.73. The molecule has 0 atom stereocenters. The molecule has 0 unspecified atom stereocenters. The van der Waals surface area contributed by atoms with E-state index in [4.69, 9.17) is 27.9 Å². The Morgan fingerprint density at radius 3 is 2.48 bits per heavy atom. The van der Waals surface area contributed by atoms with Gasteiger partial charge >= 0.3 is 5.97 Å². The van der Waals surface area contributed by atoms with E-state index in [0.29, 0.717) is 28.8 Å². The number of ether oxygens (including phenoxy) is 1. The monoisotopic (exact) mass is 328 g/mol. The second-order valence-electron chi connectivity index (χ2n) is 4.21. The van der Waals surface area contributed by atoms with E-state index in [-0.39, 0.29) is 5.56 Å². The van der Waals surface area contributed by atoms with Crippen molar-refractivity contribution in [3.8, 4) is 5.75 Å². The minimum Gasteiger partial charge on any atom is -0.492 e. The van der Waals surface area contributed by atoms with Crippen molar-refractivity contribution < 1.29 is 19.0 Å². The number of halogens is 3. The van der Waals surface area contributed by atoms with E-state index in [9.17, 15) is 9.32 Å². The van der Waals surface area contributed by atoms with Crippen LogP contribution in [0.3, 0.4) is 0 Å². The van der Waals surface area contributed by atoms with E-state index >= 15 is 0 Å². The van der Waals surface area contributed by atoms with Crippen LogP contribution >= 0.6 is 23.2 Å². The van der Waals surface area contributed by atoms with Crippen LogP contribution in [0.25, 0.3) is 0 Å². The van der Waals surface area contributed by atoms with Gasteiger partial charge in [0.15, 0.2) is 0 Å². The molecule has 2 aromatic rings. The topological polar surface area (TPSA) is 35.5 Å². The van der Waals surface area contributed by atoms with Gasteiger partial charge in [0.2, 0.25) is 0 Å².